The standard InChI is InChI=1S/C20H27N5O3/c1-5-25-18(24-9-8-21-12-24)7-6-17(23(25)4)19(26)22-16-11-14(3)13(2)10-15(16)20(27)28/h8-12,17-18H,5-7H2,1-4H3,(H,22,26)(H,27,28). The van der Waals surface area contributed by atoms with Gasteiger partial charge in [-0.3, -0.25) is 4.79 Å². The molecule has 2 unspecified atom stereocenters. The Morgan fingerprint density at radius 2 is 1.96 bits per heavy atom. The van der Waals surface area contributed by atoms with Crippen LogP contribution in [-0.4, -0.2) is 56.2 Å². The SMILES string of the molecule is CCN1C(n2ccnc2)CCC(C(=O)Nc2cc(C)c(C)cc2C(=O)O)N1C. The second-order valence-electron chi connectivity index (χ2n) is 7.19. The third kappa shape index (κ3) is 3.79. The number of likely N-dealkylation sites (N-methyl/N-ethyl adjacent to an activating group) is 1. The average molecular weight is 385 g/mol. The fraction of sp³-hybridized carbons (Fsp3) is 0.450. The predicted octanol–water partition coefficient (Wildman–Crippen LogP) is 2.67. The number of nitrogens with zero attached hydrogens (tertiary/aromatic N) is 4. The summed E-state index contributed by atoms with van der Waals surface area (Å²) in [5.41, 5.74) is 2.27. The molecule has 8 heteroatoms. The van der Waals surface area contributed by atoms with Gasteiger partial charge < -0.3 is 15.0 Å². The smallest absolute Gasteiger partial charge is 0.337 e. The first-order valence-electron chi connectivity index (χ1n) is 9.45. The van der Waals surface area contributed by atoms with E-state index in [1.807, 2.05) is 43.6 Å². The highest BCUT2D eigenvalue weighted by Crippen LogP contribution is 2.30. The molecular weight excluding hydrogens is 358 g/mol. The molecule has 2 atom stereocenters. The summed E-state index contributed by atoms with van der Waals surface area (Å²) >= 11 is 0. The van der Waals surface area contributed by atoms with Crippen LogP contribution in [0.5, 0.6) is 0 Å². The van der Waals surface area contributed by atoms with Gasteiger partial charge in [0.25, 0.3) is 0 Å². The first-order valence-corrected chi connectivity index (χ1v) is 9.45. The van der Waals surface area contributed by atoms with Gasteiger partial charge in [0.1, 0.15) is 12.2 Å². The lowest BCUT2D eigenvalue weighted by molar-refractivity contribution is -0.150. The number of hydrogen-bond donors (Lipinski definition) is 2. The monoisotopic (exact) mass is 385 g/mol. The molecule has 150 valence electrons. The summed E-state index contributed by atoms with van der Waals surface area (Å²) in [7, 11) is 1.90. The van der Waals surface area contributed by atoms with Gasteiger partial charge in [0.05, 0.1) is 17.6 Å². The lowest BCUT2D eigenvalue weighted by Gasteiger charge is -2.46. The molecule has 0 saturated carbocycles. The maximum absolute atomic E-state index is 13.0. The van der Waals surface area contributed by atoms with E-state index in [0.29, 0.717) is 12.1 Å². The number of anilines is 1. The Balaban J connectivity index is 1.80. The number of aromatic nitrogens is 2. The van der Waals surface area contributed by atoms with Gasteiger partial charge in [-0.05, 0) is 49.9 Å². The van der Waals surface area contributed by atoms with Crippen molar-refractivity contribution in [3.05, 3.63) is 47.5 Å². The van der Waals surface area contributed by atoms with E-state index in [2.05, 4.69) is 15.3 Å². The van der Waals surface area contributed by atoms with Gasteiger partial charge in [0, 0.05) is 26.0 Å². The lowest BCUT2D eigenvalue weighted by atomic mass is 10.0. The normalized spacial score (nSPS) is 20.9. The van der Waals surface area contributed by atoms with Crippen molar-refractivity contribution in [2.45, 2.75) is 45.8 Å². The van der Waals surface area contributed by atoms with E-state index in [0.717, 1.165) is 24.1 Å². The van der Waals surface area contributed by atoms with E-state index < -0.39 is 5.97 Å². The zero-order chi connectivity index (χ0) is 20.4. The van der Waals surface area contributed by atoms with Crippen molar-refractivity contribution in [2.75, 3.05) is 18.9 Å². The minimum atomic E-state index is -1.05. The molecule has 3 rings (SSSR count). The van der Waals surface area contributed by atoms with Crippen LogP contribution >= 0.6 is 0 Å². The minimum Gasteiger partial charge on any atom is -0.478 e. The average Bonchev–Trinajstić information content (AvgIpc) is 3.18. The van der Waals surface area contributed by atoms with Crippen molar-refractivity contribution in [3.63, 3.8) is 0 Å². The maximum atomic E-state index is 13.0. The molecule has 1 amide bonds. The van der Waals surface area contributed by atoms with Gasteiger partial charge in [-0.1, -0.05) is 6.92 Å². The van der Waals surface area contributed by atoms with Crippen molar-refractivity contribution in [1.82, 2.24) is 19.6 Å². The van der Waals surface area contributed by atoms with Crippen LogP contribution in [0.4, 0.5) is 5.69 Å². The van der Waals surface area contributed by atoms with Crippen molar-refractivity contribution in [1.29, 1.82) is 0 Å². The van der Waals surface area contributed by atoms with Crippen LogP contribution in [0.15, 0.2) is 30.9 Å². The Labute approximate surface area is 164 Å². The number of aromatic carboxylic acids is 1. The van der Waals surface area contributed by atoms with E-state index in [9.17, 15) is 14.7 Å². The molecule has 1 fully saturated rings. The highest BCUT2D eigenvalue weighted by molar-refractivity contribution is 6.02. The fourth-order valence-electron chi connectivity index (χ4n) is 3.83. The summed E-state index contributed by atoms with van der Waals surface area (Å²) < 4.78 is 2.04. The number of rotatable bonds is 5. The van der Waals surface area contributed by atoms with Gasteiger partial charge in [-0.2, -0.15) is 0 Å². The van der Waals surface area contributed by atoms with E-state index in [1.165, 1.54) is 0 Å². The van der Waals surface area contributed by atoms with E-state index >= 15 is 0 Å². The Kier molecular flexibility index (Phi) is 5.81. The number of hydrazine groups is 1. The summed E-state index contributed by atoms with van der Waals surface area (Å²) in [6.45, 7) is 6.55. The van der Waals surface area contributed by atoms with E-state index in [1.54, 1.807) is 24.7 Å². The third-order valence-corrected chi connectivity index (χ3v) is 5.52. The van der Waals surface area contributed by atoms with Crippen molar-refractivity contribution < 1.29 is 14.7 Å². The van der Waals surface area contributed by atoms with Crippen molar-refractivity contribution in [2.24, 2.45) is 0 Å². The molecule has 0 spiro atoms. The molecular formula is C20H27N5O3. The summed E-state index contributed by atoms with van der Waals surface area (Å²) in [6, 6.07) is 2.96. The van der Waals surface area contributed by atoms with Crippen LogP contribution in [0.2, 0.25) is 0 Å². The number of carboxylic acids is 1. The summed E-state index contributed by atoms with van der Waals surface area (Å²) in [4.78, 5) is 28.7. The molecule has 28 heavy (non-hydrogen) atoms. The maximum Gasteiger partial charge on any atom is 0.337 e. The summed E-state index contributed by atoms with van der Waals surface area (Å²) in [5, 5.41) is 16.4. The Morgan fingerprint density at radius 3 is 2.57 bits per heavy atom. The van der Waals surface area contributed by atoms with Gasteiger partial charge in [-0.25, -0.2) is 19.8 Å². The number of carbonyl (C=O) groups excluding carboxylic acids is 1. The molecule has 2 aromatic rings. The molecule has 8 nitrogen and oxygen atoms in total. The molecule has 0 radical (unpaired) electrons. The van der Waals surface area contributed by atoms with Crippen LogP contribution in [0.3, 0.4) is 0 Å². The van der Waals surface area contributed by atoms with E-state index in [4.69, 9.17) is 0 Å². The number of aryl methyl sites for hydroxylation is 2. The van der Waals surface area contributed by atoms with Gasteiger partial charge >= 0.3 is 5.97 Å². The van der Waals surface area contributed by atoms with Crippen LogP contribution in [0.1, 0.15) is 47.4 Å². The number of hydrogen-bond acceptors (Lipinski definition) is 5. The number of amides is 1. The molecule has 1 aliphatic heterocycles. The molecule has 1 aromatic heterocycles. The third-order valence-electron chi connectivity index (χ3n) is 5.52. The lowest BCUT2D eigenvalue weighted by Crippen LogP contribution is -2.56. The molecule has 1 aliphatic rings. The first kappa shape index (κ1) is 20.0. The second kappa shape index (κ2) is 8.12. The number of nitrogens with one attached hydrogen (secondary N) is 1. The highest BCUT2D eigenvalue weighted by Gasteiger charge is 2.37. The van der Waals surface area contributed by atoms with Crippen LogP contribution in [0.25, 0.3) is 0 Å². The number of imidazole rings is 1. The molecule has 2 heterocycles. The number of carboxylic acid groups (broad SMARTS) is 1. The first-order chi connectivity index (χ1) is 13.3. The van der Waals surface area contributed by atoms with Gasteiger partial charge in [0.2, 0.25) is 5.91 Å². The summed E-state index contributed by atoms with van der Waals surface area (Å²) in [6.07, 6.45) is 7.03. The van der Waals surface area contributed by atoms with Crippen LogP contribution in [0, 0.1) is 13.8 Å². The molecule has 1 aromatic carbocycles. The zero-order valence-corrected chi connectivity index (χ0v) is 16.7. The van der Waals surface area contributed by atoms with Gasteiger partial charge in [0.15, 0.2) is 0 Å². The molecule has 1 saturated heterocycles. The van der Waals surface area contributed by atoms with Crippen LogP contribution in [-0.2, 0) is 4.79 Å². The van der Waals surface area contributed by atoms with Crippen molar-refractivity contribution in [3.8, 4) is 0 Å². The largest absolute Gasteiger partial charge is 0.478 e. The highest BCUT2D eigenvalue weighted by atomic mass is 16.4. The molecule has 0 bridgehead atoms. The number of benzene rings is 1. The van der Waals surface area contributed by atoms with Crippen LogP contribution < -0.4 is 5.32 Å². The zero-order valence-electron chi connectivity index (χ0n) is 16.7. The molecule has 0 aliphatic carbocycles. The van der Waals surface area contributed by atoms with Crippen molar-refractivity contribution >= 4 is 17.6 Å². The van der Waals surface area contributed by atoms with Gasteiger partial charge in [-0.15, -0.1) is 0 Å². The predicted molar refractivity (Wildman–Crippen MR) is 106 cm³/mol. The Morgan fingerprint density at radius 1 is 1.25 bits per heavy atom. The quantitative estimate of drug-likeness (QED) is 0.822. The topological polar surface area (TPSA) is 90.7 Å². The Hall–Kier alpha value is -2.71. The second-order valence-corrected chi connectivity index (χ2v) is 7.19. The fourth-order valence-corrected chi connectivity index (χ4v) is 3.83. The number of carbonyl (C=O) groups is 2. The van der Waals surface area contributed by atoms with E-state index in [-0.39, 0.29) is 23.7 Å². The summed E-state index contributed by atoms with van der Waals surface area (Å²) in [5.74, 6) is -1.25. The Bertz CT molecular complexity index is 865. The molecule has 2 N–H and O–H groups in total. The minimum absolute atomic E-state index is 0.109.